The van der Waals surface area contributed by atoms with Crippen molar-refractivity contribution < 1.29 is 4.74 Å². The minimum Gasteiger partial charge on any atom is -0.489 e. The van der Waals surface area contributed by atoms with Crippen LogP contribution in [0.15, 0.2) is 29.3 Å². The van der Waals surface area contributed by atoms with Crippen molar-refractivity contribution in [1.82, 2.24) is 0 Å². The lowest BCUT2D eigenvalue weighted by Gasteiger charge is -2.14. The van der Waals surface area contributed by atoms with Crippen LogP contribution in [0, 0.1) is 0 Å². The number of benzene rings is 1. The van der Waals surface area contributed by atoms with Gasteiger partial charge in [-0.1, -0.05) is 23.2 Å². The molecule has 0 saturated carbocycles. The first-order valence-electron chi connectivity index (χ1n) is 4.98. The molecule has 4 heteroatoms. The van der Waals surface area contributed by atoms with E-state index in [9.17, 15) is 0 Å². The van der Waals surface area contributed by atoms with E-state index < -0.39 is 0 Å². The van der Waals surface area contributed by atoms with Crippen LogP contribution in [0.5, 0.6) is 5.75 Å². The Morgan fingerprint density at radius 3 is 2.81 bits per heavy atom. The normalized spacial score (nSPS) is 13.7. The quantitative estimate of drug-likeness (QED) is 0.891. The van der Waals surface area contributed by atoms with Crippen LogP contribution < -0.4 is 10.5 Å². The monoisotopic (exact) mass is 259 g/mol. The zero-order valence-corrected chi connectivity index (χ0v) is 10.8. The molecule has 2 N–H and O–H groups in total. The lowest BCUT2D eigenvalue weighted by molar-refractivity contribution is 0.346. The van der Waals surface area contributed by atoms with Gasteiger partial charge in [-0.15, -0.1) is 0 Å². The summed E-state index contributed by atoms with van der Waals surface area (Å²) in [4.78, 5) is 0. The molecule has 0 fully saturated rings. The topological polar surface area (TPSA) is 35.2 Å². The molecule has 0 aliphatic carbocycles. The third-order valence-electron chi connectivity index (χ3n) is 2.10. The van der Waals surface area contributed by atoms with Crippen molar-refractivity contribution in [1.29, 1.82) is 0 Å². The zero-order chi connectivity index (χ0) is 12.1. The van der Waals surface area contributed by atoms with Gasteiger partial charge in [-0.25, -0.2) is 0 Å². The predicted octanol–water partition coefficient (Wildman–Crippen LogP) is 3.88. The minimum absolute atomic E-state index is 0.117. The van der Waals surface area contributed by atoms with Gasteiger partial charge in [0.1, 0.15) is 12.4 Å². The average molecular weight is 260 g/mol. The van der Waals surface area contributed by atoms with Crippen molar-refractivity contribution in [3.05, 3.63) is 39.9 Å². The Bertz CT molecular complexity index is 389. The van der Waals surface area contributed by atoms with Crippen LogP contribution in [0.25, 0.3) is 0 Å². The minimum atomic E-state index is -0.117. The summed E-state index contributed by atoms with van der Waals surface area (Å²) in [6.45, 7) is 4.24. The van der Waals surface area contributed by atoms with Gasteiger partial charge in [-0.2, -0.15) is 0 Å². The summed E-state index contributed by atoms with van der Waals surface area (Å²) in [6.07, 6.45) is 0. The Morgan fingerprint density at radius 2 is 2.25 bits per heavy atom. The second-order valence-corrected chi connectivity index (χ2v) is 4.37. The molecule has 0 bridgehead atoms. The van der Waals surface area contributed by atoms with Crippen LogP contribution in [0.1, 0.15) is 25.5 Å². The lowest BCUT2D eigenvalue weighted by atomic mass is 10.1. The Hall–Kier alpha value is -0.700. The summed E-state index contributed by atoms with van der Waals surface area (Å²) in [5.74, 6) is 0.747. The van der Waals surface area contributed by atoms with E-state index in [1.165, 1.54) is 5.54 Å². The SMILES string of the molecule is C/C(=C\Cl)COc1ccc(Cl)cc1[C@H](C)N. The molecule has 0 aromatic heterocycles. The van der Waals surface area contributed by atoms with E-state index in [2.05, 4.69) is 0 Å². The molecule has 0 saturated heterocycles. The van der Waals surface area contributed by atoms with E-state index in [4.69, 9.17) is 33.7 Å². The van der Waals surface area contributed by atoms with Gasteiger partial charge in [0.2, 0.25) is 0 Å². The summed E-state index contributed by atoms with van der Waals surface area (Å²) in [7, 11) is 0. The molecule has 0 unspecified atom stereocenters. The van der Waals surface area contributed by atoms with Gasteiger partial charge in [0.15, 0.2) is 0 Å². The number of ether oxygens (including phenoxy) is 1. The molecule has 0 heterocycles. The Morgan fingerprint density at radius 1 is 1.56 bits per heavy atom. The summed E-state index contributed by atoms with van der Waals surface area (Å²) in [5, 5.41) is 0.657. The van der Waals surface area contributed by atoms with Crippen LogP contribution in [-0.2, 0) is 0 Å². The smallest absolute Gasteiger partial charge is 0.124 e. The Kier molecular flexibility index (Phi) is 5.13. The predicted molar refractivity (Wildman–Crippen MR) is 69.2 cm³/mol. The molecule has 2 nitrogen and oxygen atoms in total. The number of nitrogens with two attached hydrogens (primary N) is 1. The van der Waals surface area contributed by atoms with Gasteiger partial charge in [-0.3, -0.25) is 0 Å². The van der Waals surface area contributed by atoms with Crippen molar-refractivity contribution in [2.75, 3.05) is 6.61 Å². The van der Waals surface area contributed by atoms with Crippen LogP contribution in [0.2, 0.25) is 5.02 Å². The van der Waals surface area contributed by atoms with Crippen molar-refractivity contribution in [3.8, 4) is 5.75 Å². The van der Waals surface area contributed by atoms with Crippen molar-refractivity contribution in [3.63, 3.8) is 0 Å². The second-order valence-electron chi connectivity index (χ2n) is 3.71. The van der Waals surface area contributed by atoms with E-state index in [0.717, 1.165) is 16.9 Å². The highest BCUT2D eigenvalue weighted by Crippen LogP contribution is 2.27. The molecular weight excluding hydrogens is 245 g/mol. The van der Waals surface area contributed by atoms with E-state index in [1.807, 2.05) is 26.0 Å². The first kappa shape index (κ1) is 13.4. The number of hydrogen-bond acceptors (Lipinski definition) is 2. The van der Waals surface area contributed by atoms with E-state index >= 15 is 0 Å². The van der Waals surface area contributed by atoms with Crippen LogP contribution in [0.3, 0.4) is 0 Å². The largest absolute Gasteiger partial charge is 0.489 e. The summed E-state index contributed by atoms with van der Waals surface area (Å²) >= 11 is 11.5. The molecule has 0 spiro atoms. The first-order valence-corrected chi connectivity index (χ1v) is 5.79. The fourth-order valence-electron chi connectivity index (χ4n) is 1.23. The maximum absolute atomic E-state index is 5.91. The average Bonchev–Trinajstić information content (AvgIpc) is 2.26. The van der Waals surface area contributed by atoms with E-state index in [0.29, 0.717) is 11.6 Å². The number of halogens is 2. The van der Waals surface area contributed by atoms with Gasteiger partial charge >= 0.3 is 0 Å². The van der Waals surface area contributed by atoms with Crippen LogP contribution >= 0.6 is 23.2 Å². The number of hydrogen-bond donors (Lipinski definition) is 1. The lowest BCUT2D eigenvalue weighted by Crippen LogP contribution is -2.09. The van der Waals surface area contributed by atoms with Gasteiger partial charge < -0.3 is 10.5 Å². The third-order valence-corrected chi connectivity index (χ3v) is 2.71. The molecule has 1 rings (SSSR count). The molecule has 1 aromatic rings. The highest BCUT2D eigenvalue weighted by molar-refractivity contribution is 6.30. The molecule has 16 heavy (non-hydrogen) atoms. The molecule has 1 aromatic carbocycles. The third kappa shape index (κ3) is 3.71. The van der Waals surface area contributed by atoms with E-state index in [-0.39, 0.29) is 6.04 Å². The van der Waals surface area contributed by atoms with Gasteiger partial charge in [0, 0.05) is 22.2 Å². The molecular formula is C12H15Cl2NO. The number of rotatable bonds is 4. The second kappa shape index (κ2) is 6.14. The highest BCUT2D eigenvalue weighted by atomic mass is 35.5. The summed E-state index contributed by atoms with van der Waals surface area (Å²) in [5.41, 5.74) is 9.19. The molecule has 88 valence electrons. The maximum atomic E-state index is 5.91. The van der Waals surface area contributed by atoms with Crippen molar-refractivity contribution in [2.24, 2.45) is 5.73 Å². The van der Waals surface area contributed by atoms with Gasteiger partial charge in [0.25, 0.3) is 0 Å². The first-order chi connectivity index (χ1) is 7.54. The fraction of sp³-hybridized carbons (Fsp3) is 0.333. The Labute approximate surface area is 106 Å². The maximum Gasteiger partial charge on any atom is 0.124 e. The standard InChI is InChI=1S/C12H15Cl2NO/c1-8(6-13)7-16-12-4-3-10(14)5-11(12)9(2)15/h3-6,9H,7,15H2,1-2H3/b8-6+/t9-/m0/s1. The van der Waals surface area contributed by atoms with Crippen molar-refractivity contribution >= 4 is 23.2 Å². The van der Waals surface area contributed by atoms with Crippen LogP contribution in [0.4, 0.5) is 0 Å². The van der Waals surface area contributed by atoms with E-state index in [1.54, 1.807) is 6.07 Å². The zero-order valence-electron chi connectivity index (χ0n) is 9.34. The molecule has 0 aliphatic heterocycles. The fourth-order valence-corrected chi connectivity index (χ4v) is 1.47. The van der Waals surface area contributed by atoms with Crippen molar-refractivity contribution in [2.45, 2.75) is 19.9 Å². The highest BCUT2D eigenvalue weighted by Gasteiger charge is 2.08. The molecule has 1 atom stereocenters. The van der Waals surface area contributed by atoms with Crippen LogP contribution in [-0.4, -0.2) is 6.61 Å². The summed E-state index contributed by atoms with van der Waals surface area (Å²) < 4.78 is 5.61. The Balaban J connectivity index is 2.87. The van der Waals surface area contributed by atoms with Gasteiger partial charge in [0.05, 0.1) is 0 Å². The summed E-state index contributed by atoms with van der Waals surface area (Å²) in [6, 6.07) is 5.31. The molecule has 0 amide bonds. The molecule has 0 radical (unpaired) electrons. The van der Waals surface area contributed by atoms with Gasteiger partial charge in [-0.05, 0) is 37.6 Å². The molecule has 0 aliphatic rings.